The van der Waals surface area contributed by atoms with Gasteiger partial charge in [0, 0.05) is 22.6 Å². The first-order chi connectivity index (χ1) is 10.5. The topological polar surface area (TPSA) is 111 Å². The van der Waals surface area contributed by atoms with Crippen LogP contribution in [0, 0.1) is 10.1 Å². The highest BCUT2D eigenvalue weighted by Gasteiger charge is 2.20. The molecule has 0 bridgehead atoms. The first kappa shape index (κ1) is 15.4. The third-order valence-electron chi connectivity index (χ3n) is 3.26. The van der Waals surface area contributed by atoms with Crippen molar-refractivity contribution in [3.8, 4) is 0 Å². The standard InChI is InChI=1S/C15H16N4O3/c1-10(11-2-6-13(16)7-3-11)17-18-15(20)12-4-8-14(9-5-12)19(21)22/h2-8,14H,9,16H2,1H3,(H,18,20)/t14-/m1/s1. The van der Waals surface area contributed by atoms with Crippen LogP contribution in [-0.4, -0.2) is 22.6 Å². The molecule has 1 aromatic carbocycles. The van der Waals surface area contributed by atoms with Crippen LogP contribution in [0.2, 0.25) is 0 Å². The minimum atomic E-state index is -0.767. The summed E-state index contributed by atoms with van der Waals surface area (Å²) in [6, 6.07) is 6.35. The Kier molecular flexibility index (Phi) is 4.67. The minimum absolute atomic E-state index is 0.201. The first-order valence-corrected chi connectivity index (χ1v) is 6.70. The highest BCUT2D eigenvalue weighted by atomic mass is 16.6. The monoisotopic (exact) mass is 300 g/mol. The van der Waals surface area contributed by atoms with Gasteiger partial charge in [-0.25, -0.2) is 5.43 Å². The molecule has 7 heteroatoms. The van der Waals surface area contributed by atoms with Crippen LogP contribution in [0.3, 0.4) is 0 Å². The molecule has 7 nitrogen and oxygen atoms in total. The Balaban J connectivity index is 1.98. The van der Waals surface area contributed by atoms with Crippen molar-refractivity contribution < 1.29 is 9.72 Å². The second kappa shape index (κ2) is 6.66. The normalized spacial score (nSPS) is 17.8. The number of amides is 1. The SMILES string of the molecule is CC(=NNC(=O)C1=CC[C@H]([N+](=O)[O-])C=C1)c1ccc(N)cc1. The van der Waals surface area contributed by atoms with E-state index >= 15 is 0 Å². The van der Waals surface area contributed by atoms with Gasteiger partial charge >= 0.3 is 0 Å². The predicted molar refractivity (Wildman–Crippen MR) is 83.8 cm³/mol. The number of carbonyl (C=O) groups excluding carboxylic acids is 1. The summed E-state index contributed by atoms with van der Waals surface area (Å²) in [5, 5.41) is 14.6. The lowest BCUT2D eigenvalue weighted by Crippen LogP contribution is -2.24. The van der Waals surface area contributed by atoms with Crippen LogP contribution in [0.25, 0.3) is 0 Å². The van der Waals surface area contributed by atoms with Gasteiger partial charge in [0.1, 0.15) is 0 Å². The van der Waals surface area contributed by atoms with E-state index in [1.54, 1.807) is 19.1 Å². The number of nitrogens with two attached hydrogens (primary N) is 1. The van der Waals surface area contributed by atoms with E-state index in [-0.39, 0.29) is 11.3 Å². The van der Waals surface area contributed by atoms with Crippen LogP contribution >= 0.6 is 0 Å². The summed E-state index contributed by atoms with van der Waals surface area (Å²) in [5.74, 6) is -0.396. The molecule has 0 radical (unpaired) electrons. The van der Waals surface area contributed by atoms with E-state index in [0.717, 1.165) is 5.56 Å². The zero-order valence-corrected chi connectivity index (χ0v) is 12.0. The largest absolute Gasteiger partial charge is 0.399 e. The van der Waals surface area contributed by atoms with Gasteiger partial charge in [-0.05, 0) is 36.8 Å². The molecule has 0 saturated heterocycles. The van der Waals surface area contributed by atoms with Crippen molar-refractivity contribution in [1.29, 1.82) is 0 Å². The second-order valence-electron chi connectivity index (χ2n) is 4.87. The highest BCUT2D eigenvalue weighted by molar-refractivity contribution is 6.01. The van der Waals surface area contributed by atoms with Crippen LogP contribution in [0.15, 0.2) is 53.2 Å². The van der Waals surface area contributed by atoms with Crippen LogP contribution in [0.4, 0.5) is 5.69 Å². The zero-order chi connectivity index (χ0) is 16.1. The summed E-state index contributed by atoms with van der Waals surface area (Å²) in [6.07, 6.45) is 4.59. The molecule has 0 aliphatic heterocycles. The Bertz CT molecular complexity index is 675. The summed E-state index contributed by atoms with van der Waals surface area (Å²) >= 11 is 0. The van der Waals surface area contributed by atoms with E-state index < -0.39 is 11.9 Å². The maximum absolute atomic E-state index is 11.9. The van der Waals surface area contributed by atoms with E-state index in [4.69, 9.17) is 5.73 Å². The Hall–Kier alpha value is -2.96. The quantitative estimate of drug-likeness (QED) is 0.381. The number of carbonyl (C=O) groups is 1. The molecule has 3 N–H and O–H groups in total. The third-order valence-corrected chi connectivity index (χ3v) is 3.26. The van der Waals surface area contributed by atoms with E-state index in [0.29, 0.717) is 17.0 Å². The number of nitrogen functional groups attached to an aromatic ring is 1. The molecule has 0 spiro atoms. The van der Waals surface area contributed by atoms with Gasteiger partial charge in [0.15, 0.2) is 0 Å². The van der Waals surface area contributed by atoms with Gasteiger partial charge in [-0.2, -0.15) is 5.10 Å². The number of hydrogen-bond acceptors (Lipinski definition) is 5. The van der Waals surface area contributed by atoms with E-state index in [1.807, 2.05) is 12.1 Å². The summed E-state index contributed by atoms with van der Waals surface area (Å²) in [4.78, 5) is 22.2. The molecule has 22 heavy (non-hydrogen) atoms. The summed E-state index contributed by atoms with van der Waals surface area (Å²) < 4.78 is 0. The molecular weight excluding hydrogens is 284 g/mol. The van der Waals surface area contributed by atoms with Crippen molar-refractivity contribution >= 4 is 17.3 Å². The van der Waals surface area contributed by atoms with Gasteiger partial charge in [0.05, 0.1) is 5.71 Å². The molecule has 1 aromatic rings. The van der Waals surface area contributed by atoms with Crippen molar-refractivity contribution in [3.63, 3.8) is 0 Å². The van der Waals surface area contributed by atoms with Crippen molar-refractivity contribution in [2.24, 2.45) is 5.10 Å². The molecule has 1 aliphatic rings. The molecule has 0 fully saturated rings. The van der Waals surface area contributed by atoms with Crippen molar-refractivity contribution in [2.75, 3.05) is 5.73 Å². The molecule has 2 rings (SSSR count). The first-order valence-electron chi connectivity index (χ1n) is 6.70. The number of nitro groups is 1. The number of anilines is 1. The average Bonchev–Trinajstić information content (AvgIpc) is 2.53. The molecule has 0 unspecified atom stereocenters. The van der Waals surface area contributed by atoms with Gasteiger partial charge in [-0.15, -0.1) is 0 Å². The van der Waals surface area contributed by atoms with Gasteiger partial charge in [-0.1, -0.05) is 18.2 Å². The summed E-state index contributed by atoms with van der Waals surface area (Å²) in [7, 11) is 0. The van der Waals surface area contributed by atoms with Crippen molar-refractivity contribution in [3.05, 3.63) is 63.7 Å². The van der Waals surface area contributed by atoms with Crippen LogP contribution in [-0.2, 0) is 4.79 Å². The van der Waals surface area contributed by atoms with E-state index in [1.165, 1.54) is 18.2 Å². The number of hydrogen-bond donors (Lipinski definition) is 2. The predicted octanol–water partition coefficient (Wildman–Crippen LogP) is 1.64. The number of hydrazone groups is 1. The van der Waals surface area contributed by atoms with Gasteiger partial charge < -0.3 is 5.73 Å². The third kappa shape index (κ3) is 3.78. The maximum Gasteiger partial charge on any atom is 0.271 e. The Labute approximate surface area is 127 Å². The number of rotatable bonds is 4. The minimum Gasteiger partial charge on any atom is -0.399 e. The maximum atomic E-state index is 11.9. The second-order valence-corrected chi connectivity index (χ2v) is 4.87. The molecule has 0 aromatic heterocycles. The fourth-order valence-corrected chi connectivity index (χ4v) is 1.92. The molecule has 1 aliphatic carbocycles. The number of nitrogens with zero attached hydrogens (tertiary/aromatic N) is 2. The molecule has 0 saturated carbocycles. The van der Waals surface area contributed by atoms with Crippen LogP contribution < -0.4 is 11.2 Å². The lowest BCUT2D eigenvalue weighted by Gasteiger charge is -2.09. The average molecular weight is 300 g/mol. The van der Waals surface area contributed by atoms with Crippen molar-refractivity contribution in [1.82, 2.24) is 5.43 Å². The van der Waals surface area contributed by atoms with Crippen LogP contribution in [0.5, 0.6) is 0 Å². The smallest absolute Gasteiger partial charge is 0.271 e. The fraction of sp³-hybridized carbons (Fsp3) is 0.200. The molecular formula is C15H16N4O3. The van der Waals surface area contributed by atoms with Gasteiger partial charge in [0.25, 0.3) is 5.91 Å². The lowest BCUT2D eigenvalue weighted by molar-refractivity contribution is -0.508. The van der Waals surface area contributed by atoms with Crippen LogP contribution in [0.1, 0.15) is 18.9 Å². The Morgan fingerprint density at radius 1 is 1.41 bits per heavy atom. The Morgan fingerprint density at radius 2 is 2.09 bits per heavy atom. The summed E-state index contributed by atoms with van der Waals surface area (Å²) in [6.45, 7) is 1.76. The fourth-order valence-electron chi connectivity index (χ4n) is 1.92. The zero-order valence-electron chi connectivity index (χ0n) is 12.0. The van der Waals surface area contributed by atoms with Crippen molar-refractivity contribution in [2.45, 2.75) is 19.4 Å². The lowest BCUT2D eigenvalue weighted by atomic mass is 10.0. The molecule has 1 amide bonds. The Morgan fingerprint density at radius 3 is 2.64 bits per heavy atom. The number of nitrogens with one attached hydrogen (secondary N) is 1. The van der Waals surface area contributed by atoms with Gasteiger partial charge in [0.2, 0.25) is 6.04 Å². The molecule has 114 valence electrons. The molecule has 1 atom stereocenters. The van der Waals surface area contributed by atoms with E-state index in [9.17, 15) is 14.9 Å². The van der Waals surface area contributed by atoms with E-state index in [2.05, 4.69) is 10.5 Å². The number of benzene rings is 1. The molecule has 0 heterocycles. The highest BCUT2D eigenvalue weighted by Crippen LogP contribution is 2.13. The van der Waals surface area contributed by atoms with Gasteiger partial charge in [-0.3, -0.25) is 14.9 Å². The summed E-state index contributed by atoms with van der Waals surface area (Å²) in [5.41, 5.74) is 10.5.